The zero-order valence-electron chi connectivity index (χ0n) is 23.6. The first-order valence-electron chi connectivity index (χ1n) is 13.7. The highest BCUT2D eigenvalue weighted by Crippen LogP contribution is 2.01. The van der Waals surface area contributed by atoms with Crippen molar-refractivity contribution in [2.24, 2.45) is 0 Å². The van der Waals surface area contributed by atoms with Gasteiger partial charge in [-0.3, -0.25) is 38.8 Å². The molecule has 15 nitrogen and oxygen atoms in total. The molecule has 0 aromatic carbocycles. The Balaban J connectivity index is 2.57. The fourth-order valence-electron chi connectivity index (χ4n) is 4.03. The van der Waals surface area contributed by atoms with E-state index in [1.807, 2.05) is 11.8 Å². The number of hydrogen-bond acceptors (Lipinski definition) is 11. The van der Waals surface area contributed by atoms with Gasteiger partial charge in [-0.2, -0.15) is 0 Å². The van der Waals surface area contributed by atoms with Gasteiger partial charge < -0.3 is 34.8 Å². The van der Waals surface area contributed by atoms with Crippen LogP contribution in [0.2, 0.25) is 0 Å². The summed E-state index contributed by atoms with van der Waals surface area (Å²) in [7, 11) is 0. The molecule has 0 aromatic rings. The molecule has 0 atom stereocenters. The van der Waals surface area contributed by atoms with Crippen LogP contribution in [-0.2, 0) is 33.4 Å². The van der Waals surface area contributed by atoms with E-state index in [-0.39, 0.29) is 32.1 Å². The van der Waals surface area contributed by atoms with E-state index in [4.69, 9.17) is 14.2 Å². The molecule has 1 fully saturated rings. The molecule has 1 amide bonds. The van der Waals surface area contributed by atoms with Crippen LogP contribution in [0.1, 0.15) is 13.3 Å². The summed E-state index contributed by atoms with van der Waals surface area (Å²) < 4.78 is 16.0. The SMILES string of the molecule is CCOCCOCCOCCCNC(=O)CN1CCN(CC(=O)O)CCN(CC(=O)O)CCN(CC(=O)O)CC1. The molecule has 0 radical (unpaired) electrons. The molecule has 4 N–H and O–H groups in total. The first-order valence-corrected chi connectivity index (χ1v) is 13.7. The molecule has 0 saturated carbocycles. The predicted octanol–water partition coefficient (Wildman–Crippen LogP) is -1.96. The Labute approximate surface area is 235 Å². The summed E-state index contributed by atoms with van der Waals surface area (Å²) in [5.41, 5.74) is 0. The van der Waals surface area contributed by atoms with Crippen molar-refractivity contribution in [2.75, 3.05) is 125 Å². The summed E-state index contributed by atoms with van der Waals surface area (Å²) >= 11 is 0. The first-order chi connectivity index (χ1) is 19.2. The highest BCUT2D eigenvalue weighted by Gasteiger charge is 2.21. The van der Waals surface area contributed by atoms with Crippen molar-refractivity contribution in [1.29, 1.82) is 0 Å². The zero-order chi connectivity index (χ0) is 29.6. The normalized spacial score (nSPS) is 17.1. The van der Waals surface area contributed by atoms with Gasteiger partial charge >= 0.3 is 17.9 Å². The molecule has 1 heterocycles. The fourth-order valence-corrected chi connectivity index (χ4v) is 4.03. The molecule has 1 rings (SSSR count). The van der Waals surface area contributed by atoms with Gasteiger partial charge in [0.15, 0.2) is 0 Å². The third-order valence-corrected chi connectivity index (χ3v) is 6.11. The molecule has 1 aliphatic heterocycles. The Morgan fingerprint density at radius 3 is 1.30 bits per heavy atom. The van der Waals surface area contributed by atoms with Crippen molar-refractivity contribution in [1.82, 2.24) is 24.9 Å². The number of hydrogen-bond donors (Lipinski definition) is 4. The Morgan fingerprint density at radius 1 is 0.575 bits per heavy atom. The number of carboxylic acid groups (broad SMARTS) is 3. The predicted molar refractivity (Wildman–Crippen MR) is 144 cm³/mol. The van der Waals surface area contributed by atoms with Gasteiger partial charge in [-0.15, -0.1) is 0 Å². The summed E-state index contributed by atoms with van der Waals surface area (Å²) in [6.45, 7) is 7.78. The number of nitrogens with one attached hydrogen (secondary N) is 1. The Kier molecular flexibility index (Phi) is 19.9. The quantitative estimate of drug-likeness (QED) is 0.124. The minimum atomic E-state index is -1.01. The average molecular weight is 578 g/mol. The van der Waals surface area contributed by atoms with E-state index in [1.165, 1.54) is 0 Å². The van der Waals surface area contributed by atoms with Crippen molar-refractivity contribution in [3.8, 4) is 0 Å². The van der Waals surface area contributed by atoms with Gasteiger partial charge in [0.25, 0.3) is 0 Å². The van der Waals surface area contributed by atoms with Gasteiger partial charge in [0.2, 0.25) is 5.91 Å². The number of aliphatic carboxylic acids is 3. The molecular weight excluding hydrogens is 530 g/mol. The molecular formula is C25H47N5O10. The lowest BCUT2D eigenvalue weighted by Crippen LogP contribution is -2.49. The molecule has 15 heteroatoms. The van der Waals surface area contributed by atoms with Crippen LogP contribution in [0.3, 0.4) is 0 Å². The smallest absolute Gasteiger partial charge is 0.317 e. The number of carbonyl (C=O) groups excluding carboxylic acids is 1. The van der Waals surface area contributed by atoms with Gasteiger partial charge in [0, 0.05) is 72.1 Å². The van der Waals surface area contributed by atoms with Crippen LogP contribution in [0.25, 0.3) is 0 Å². The van der Waals surface area contributed by atoms with E-state index in [1.54, 1.807) is 14.7 Å². The van der Waals surface area contributed by atoms with E-state index >= 15 is 0 Å². The standard InChI is InChI=1S/C25H47N5O10/c1-2-38-14-15-40-17-16-39-13-3-4-26-22(31)18-27-5-7-28(19-23(32)33)9-11-30(21-25(36)37)12-10-29(8-6-27)20-24(34)35/h2-21H2,1H3,(H,26,31)(H,32,33)(H,34,35)(H,36,37). The second-order valence-electron chi connectivity index (χ2n) is 9.41. The summed E-state index contributed by atoms with van der Waals surface area (Å²) in [4.78, 5) is 53.6. The maximum Gasteiger partial charge on any atom is 0.317 e. The number of ether oxygens (including phenoxy) is 3. The minimum absolute atomic E-state index is 0.0848. The Hall–Kier alpha value is -2.40. The summed E-state index contributed by atoms with van der Waals surface area (Å²) in [5, 5.41) is 30.7. The molecule has 0 spiro atoms. The Bertz CT molecular complexity index is 713. The molecule has 1 aliphatic rings. The van der Waals surface area contributed by atoms with E-state index < -0.39 is 17.9 Å². The number of carboxylic acids is 3. The van der Waals surface area contributed by atoms with Gasteiger partial charge in [0.05, 0.1) is 52.6 Å². The summed E-state index contributed by atoms with van der Waals surface area (Å²) in [5.74, 6) is -3.18. The topological polar surface area (TPSA) is 182 Å². The van der Waals surface area contributed by atoms with Gasteiger partial charge in [-0.05, 0) is 13.3 Å². The maximum atomic E-state index is 12.6. The van der Waals surface area contributed by atoms with E-state index in [0.717, 1.165) is 0 Å². The zero-order valence-corrected chi connectivity index (χ0v) is 23.6. The van der Waals surface area contributed by atoms with Crippen molar-refractivity contribution in [2.45, 2.75) is 13.3 Å². The lowest BCUT2D eigenvalue weighted by molar-refractivity contribution is -0.140. The summed E-state index contributed by atoms with van der Waals surface area (Å²) in [6, 6.07) is 0. The highest BCUT2D eigenvalue weighted by atomic mass is 16.5. The molecule has 232 valence electrons. The first kappa shape index (κ1) is 35.6. The summed E-state index contributed by atoms with van der Waals surface area (Å²) in [6.07, 6.45) is 0.635. The van der Waals surface area contributed by atoms with E-state index in [9.17, 15) is 34.5 Å². The van der Waals surface area contributed by atoms with E-state index in [0.29, 0.717) is 105 Å². The molecule has 0 bridgehead atoms. The second-order valence-corrected chi connectivity index (χ2v) is 9.41. The van der Waals surface area contributed by atoms with E-state index in [2.05, 4.69) is 5.32 Å². The van der Waals surface area contributed by atoms with Crippen molar-refractivity contribution in [3.63, 3.8) is 0 Å². The van der Waals surface area contributed by atoms with Gasteiger partial charge in [-0.1, -0.05) is 0 Å². The highest BCUT2D eigenvalue weighted by molar-refractivity contribution is 5.78. The number of nitrogens with zero attached hydrogens (tertiary/aromatic N) is 4. The van der Waals surface area contributed by atoms with Crippen LogP contribution in [0.5, 0.6) is 0 Å². The third-order valence-electron chi connectivity index (χ3n) is 6.11. The van der Waals surface area contributed by atoms with Gasteiger partial charge in [0.1, 0.15) is 0 Å². The third kappa shape index (κ3) is 19.6. The van der Waals surface area contributed by atoms with Crippen molar-refractivity contribution in [3.05, 3.63) is 0 Å². The van der Waals surface area contributed by atoms with Crippen LogP contribution in [0.15, 0.2) is 0 Å². The molecule has 0 aliphatic carbocycles. The molecule has 1 saturated heterocycles. The lowest BCUT2D eigenvalue weighted by atomic mass is 10.3. The number of carbonyl (C=O) groups is 4. The monoisotopic (exact) mass is 577 g/mol. The van der Waals surface area contributed by atoms with Crippen molar-refractivity contribution >= 4 is 23.8 Å². The van der Waals surface area contributed by atoms with Gasteiger partial charge in [-0.25, -0.2) is 0 Å². The molecule has 0 aromatic heterocycles. The fraction of sp³-hybridized carbons (Fsp3) is 0.840. The second kappa shape index (κ2) is 22.3. The van der Waals surface area contributed by atoms with Crippen molar-refractivity contribution < 1.29 is 48.7 Å². The maximum absolute atomic E-state index is 12.6. The average Bonchev–Trinajstić information content (AvgIpc) is 2.88. The largest absolute Gasteiger partial charge is 0.480 e. The number of amides is 1. The Morgan fingerprint density at radius 2 is 0.925 bits per heavy atom. The lowest BCUT2D eigenvalue weighted by Gasteiger charge is -2.32. The number of rotatable bonds is 19. The van der Waals surface area contributed by atoms with Crippen LogP contribution in [-0.4, -0.2) is 183 Å². The van der Waals surface area contributed by atoms with Crippen LogP contribution in [0, 0.1) is 0 Å². The minimum Gasteiger partial charge on any atom is -0.480 e. The van der Waals surface area contributed by atoms with Crippen LogP contribution in [0.4, 0.5) is 0 Å². The molecule has 40 heavy (non-hydrogen) atoms. The van der Waals surface area contributed by atoms with Crippen LogP contribution < -0.4 is 5.32 Å². The van der Waals surface area contributed by atoms with Crippen LogP contribution >= 0.6 is 0 Å². The molecule has 0 unspecified atom stereocenters.